The van der Waals surface area contributed by atoms with Gasteiger partial charge in [-0.1, -0.05) is 24.6 Å². The first-order chi connectivity index (χ1) is 15.5. The Morgan fingerprint density at radius 2 is 1.85 bits per heavy atom. The monoisotopic (exact) mass is 548 g/mol. The quantitative estimate of drug-likeness (QED) is 0.355. The summed E-state index contributed by atoms with van der Waals surface area (Å²) in [6.07, 6.45) is 2.68. The maximum atomic E-state index is 15.0. The summed E-state index contributed by atoms with van der Waals surface area (Å²) in [5.41, 5.74) is 1.63. The SMILES string of the molecule is Cc1ccc(S(=O)(=O)n2cc(F)c3c(Br)cc(C4(c5nnc(S)n5C)CC(C)C4)cc32)cc1. The zero-order chi connectivity index (χ0) is 23.7. The summed E-state index contributed by atoms with van der Waals surface area (Å²) in [7, 11) is -2.14. The molecule has 0 spiro atoms. The summed E-state index contributed by atoms with van der Waals surface area (Å²) in [5.74, 6) is 0.614. The zero-order valence-corrected chi connectivity index (χ0v) is 21.5. The van der Waals surface area contributed by atoms with Crippen molar-refractivity contribution in [1.82, 2.24) is 18.7 Å². The second-order valence-corrected chi connectivity index (χ2v) is 12.0. The molecule has 5 rings (SSSR count). The Kier molecular flexibility index (Phi) is 5.26. The number of benzene rings is 2. The van der Waals surface area contributed by atoms with Crippen LogP contribution in [-0.2, 0) is 22.5 Å². The fourth-order valence-electron chi connectivity index (χ4n) is 4.95. The van der Waals surface area contributed by atoms with Gasteiger partial charge in [0, 0.05) is 11.5 Å². The van der Waals surface area contributed by atoms with Gasteiger partial charge in [-0.15, -0.1) is 22.8 Å². The lowest BCUT2D eigenvalue weighted by atomic mass is 9.58. The van der Waals surface area contributed by atoms with Gasteiger partial charge in [-0.2, -0.15) is 0 Å². The second kappa shape index (κ2) is 7.68. The van der Waals surface area contributed by atoms with Crippen LogP contribution in [0.1, 0.15) is 36.7 Å². The smallest absolute Gasteiger partial charge is 0.268 e. The second-order valence-electron chi connectivity index (χ2n) is 8.92. The van der Waals surface area contributed by atoms with Gasteiger partial charge in [0.2, 0.25) is 0 Å². The molecular weight excluding hydrogens is 527 g/mol. The molecular formula is C23H22BrFN4O2S2. The Bertz CT molecular complexity index is 1500. The predicted octanol–water partition coefficient (Wildman–Crippen LogP) is 5.22. The molecule has 172 valence electrons. The van der Waals surface area contributed by atoms with Crippen LogP contribution in [0.2, 0.25) is 0 Å². The van der Waals surface area contributed by atoms with Crippen LogP contribution in [0.3, 0.4) is 0 Å². The van der Waals surface area contributed by atoms with Gasteiger partial charge >= 0.3 is 0 Å². The van der Waals surface area contributed by atoms with Crippen LogP contribution in [0.5, 0.6) is 0 Å². The molecule has 2 aromatic carbocycles. The van der Waals surface area contributed by atoms with Crippen molar-refractivity contribution in [2.75, 3.05) is 0 Å². The third kappa shape index (κ3) is 3.37. The lowest BCUT2D eigenvalue weighted by Gasteiger charge is -2.46. The maximum Gasteiger partial charge on any atom is 0.268 e. The number of nitrogens with zero attached hydrogens (tertiary/aromatic N) is 4. The molecule has 0 atom stereocenters. The van der Waals surface area contributed by atoms with Gasteiger partial charge in [0.25, 0.3) is 10.0 Å². The molecule has 1 aliphatic carbocycles. The normalized spacial score (nSPS) is 20.8. The van der Waals surface area contributed by atoms with E-state index in [0.29, 0.717) is 15.5 Å². The van der Waals surface area contributed by atoms with E-state index >= 15 is 4.39 Å². The average molecular weight is 549 g/mol. The van der Waals surface area contributed by atoms with Crippen LogP contribution in [-0.4, -0.2) is 27.2 Å². The summed E-state index contributed by atoms with van der Waals surface area (Å²) >= 11 is 7.88. The molecule has 1 fully saturated rings. The molecule has 4 aromatic rings. The highest BCUT2D eigenvalue weighted by molar-refractivity contribution is 9.10. The number of aryl methyl sites for hydroxylation is 1. The Hall–Kier alpha value is -2.17. The van der Waals surface area contributed by atoms with E-state index in [1.54, 1.807) is 18.2 Å². The average Bonchev–Trinajstić information content (AvgIpc) is 3.26. The largest absolute Gasteiger partial charge is 0.309 e. The Morgan fingerprint density at radius 3 is 2.42 bits per heavy atom. The van der Waals surface area contributed by atoms with Crippen molar-refractivity contribution in [1.29, 1.82) is 0 Å². The van der Waals surface area contributed by atoms with Gasteiger partial charge in [0.15, 0.2) is 11.0 Å². The molecule has 0 amide bonds. The highest BCUT2D eigenvalue weighted by atomic mass is 79.9. The number of halogens is 2. The summed E-state index contributed by atoms with van der Waals surface area (Å²) in [4.78, 5) is 0.103. The van der Waals surface area contributed by atoms with Gasteiger partial charge in [0.1, 0.15) is 5.82 Å². The zero-order valence-electron chi connectivity index (χ0n) is 18.2. The maximum absolute atomic E-state index is 15.0. The number of aromatic nitrogens is 4. The molecule has 1 aliphatic rings. The van der Waals surface area contributed by atoms with Crippen LogP contribution in [0.25, 0.3) is 10.9 Å². The molecule has 1 saturated carbocycles. The minimum atomic E-state index is -4.00. The first kappa shape index (κ1) is 22.6. The highest BCUT2D eigenvalue weighted by Gasteiger charge is 2.49. The number of rotatable bonds is 4. The highest BCUT2D eigenvalue weighted by Crippen LogP contribution is 2.53. The van der Waals surface area contributed by atoms with E-state index in [2.05, 4.69) is 45.7 Å². The molecule has 0 aliphatic heterocycles. The minimum Gasteiger partial charge on any atom is -0.309 e. The van der Waals surface area contributed by atoms with Crippen molar-refractivity contribution in [2.24, 2.45) is 13.0 Å². The van der Waals surface area contributed by atoms with E-state index in [4.69, 9.17) is 0 Å². The summed E-state index contributed by atoms with van der Waals surface area (Å²) in [6, 6.07) is 10.2. The summed E-state index contributed by atoms with van der Waals surface area (Å²) < 4.78 is 45.3. The van der Waals surface area contributed by atoms with Crippen LogP contribution in [0.4, 0.5) is 4.39 Å². The number of fused-ring (bicyclic) bond motifs is 1. The molecule has 0 radical (unpaired) electrons. The van der Waals surface area contributed by atoms with Crippen LogP contribution >= 0.6 is 28.6 Å². The van der Waals surface area contributed by atoms with Gasteiger partial charge in [-0.05, 0) is 71.4 Å². The number of hydrogen-bond donors (Lipinski definition) is 1. The van der Waals surface area contributed by atoms with Crippen LogP contribution in [0.15, 0.2) is 57.1 Å². The molecule has 0 saturated heterocycles. The van der Waals surface area contributed by atoms with Gasteiger partial charge in [-0.25, -0.2) is 16.8 Å². The van der Waals surface area contributed by atoms with Gasteiger partial charge < -0.3 is 4.57 Å². The first-order valence-corrected chi connectivity index (χ1v) is 13.1. The fraction of sp³-hybridized carbons (Fsp3) is 0.304. The predicted molar refractivity (Wildman–Crippen MR) is 131 cm³/mol. The third-order valence-electron chi connectivity index (χ3n) is 6.58. The van der Waals surface area contributed by atoms with E-state index in [-0.39, 0.29) is 15.8 Å². The van der Waals surface area contributed by atoms with Crippen LogP contribution in [0, 0.1) is 18.7 Å². The van der Waals surface area contributed by atoms with Crippen molar-refractivity contribution < 1.29 is 12.8 Å². The molecule has 0 N–H and O–H groups in total. The van der Waals surface area contributed by atoms with Gasteiger partial charge in [0.05, 0.1) is 27.4 Å². The molecule has 10 heteroatoms. The van der Waals surface area contributed by atoms with Gasteiger partial charge in [-0.3, -0.25) is 0 Å². The molecule has 2 aromatic heterocycles. The standard InChI is InChI=1S/C23H22BrFN4O2S2/c1-13-4-6-16(7-5-13)33(30,31)29-12-18(25)20-17(24)8-15(9-19(20)29)23(10-14(2)11-23)21-26-27-22(32)28(21)3/h4-9,12,14H,10-11H2,1-3H3,(H,27,32). The summed E-state index contributed by atoms with van der Waals surface area (Å²) in [6.45, 7) is 4.04. The minimum absolute atomic E-state index is 0.103. The Balaban J connectivity index is 1.75. The molecule has 2 heterocycles. The van der Waals surface area contributed by atoms with Crippen molar-refractivity contribution in [3.05, 3.63) is 69.8 Å². The lowest BCUT2D eigenvalue weighted by Crippen LogP contribution is -2.43. The van der Waals surface area contributed by atoms with Crippen molar-refractivity contribution in [2.45, 2.75) is 42.2 Å². The molecule has 33 heavy (non-hydrogen) atoms. The van der Waals surface area contributed by atoms with Crippen molar-refractivity contribution in [3.8, 4) is 0 Å². The van der Waals surface area contributed by atoms with E-state index in [1.165, 1.54) is 12.1 Å². The number of hydrogen-bond acceptors (Lipinski definition) is 5. The lowest BCUT2D eigenvalue weighted by molar-refractivity contribution is 0.184. The Morgan fingerprint density at radius 1 is 1.18 bits per heavy atom. The first-order valence-electron chi connectivity index (χ1n) is 10.5. The van der Waals surface area contributed by atoms with Crippen LogP contribution < -0.4 is 0 Å². The number of thiol groups is 1. The van der Waals surface area contributed by atoms with Crippen molar-refractivity contribution in [3.63, 3.8) is 0 Å². The Labute approximate surface area is 205 Å². The summed E-state index contributed by atoms with van der Waals surface area (Å²) in [5, 5.41) is 9.22. The van der Waals surface area contributed by atoms with Crippen molar-refractivity contribution >= 4 is 49.5 Å². The van der Waals surface area contributed by atoms with E-state index in [9.17, 15) is 8.42 Å². The van der Waals surface area contributed by atoms with E-state index < -0.39 is 21.3 Å². The van der Waals surface area contributed by atoms with E-state index in [0.717, 1.165) is 40.0 Å². The fourth-order valence-corrected chi connectivity index (χ4v) is 7.07. The topological polar surface area (TPSA) is 69.8 Å². The van der Waals surface area contributed by atoms with E-state index in [1.807, 2.05) is 24.6 Å². The third-order valence-corrected chi connectivity index (χ3v) is 9.28. The molecule has 6 nitrogen and oxygen atoms in total. The molecule has 0 unspecified atom stereocenters. The molecule has 0 bridgehead atoms.